The lowest BCUT2D eigenvalue weighted by molar-refractivity contribution is 0.587. The highest BCUT2D eigenvalue weighted by Crippen LogP contribution is 2.23. The lowest BCUT2D eigenvalue weighted by Crippen LogP contribution is -2.16. The van der Waals surface area contributed by atoms with Crippen molar-refractivity contribution in [1.82, 2.24) is 14.8 Å². The van der Waals surface area contributed by atoms with Crippen LogP contribution in [-0.2, 0) is 19.4 Å². The van der Waals surface area contributed by atoms with E-state index in [1.54, 1.807) is 11.3 Å². The molecule has 0 saturated heterocycles. The molecule has 0 aromatic carbocycles. The summed E-state index contributed by atoms with van der Waals surface area (Å²) in [7, 11) is 0. The van der Waals surface area contributed by atoms with Crippen LogP contribution in [0, 0.1) is 6.92 Å². The Kier molecular flexibility index (Phi) is 4.14. The van der Waals surface area contributed by atoms with E-state index in [1.807, 2.05) is 12.4 Å². The average molecular weight is 264 g/mol. The maximum atomic E-state index is 6.28. The molecule has 0 aliphatic heterocycles. The van der Waals surface area contributed by atoms with Crippen LogP contribution in [0.5, 0.6) is 0 Å². The van der Waals surface area contributed by atoms with E-state index in [4.69, 9.17) is 5.73 Å². The molecule has 0 amide bonds. The van der Waals surface area contributed by atoms with Crippen LogP contribution in [0.1, 0.15) is 41.8 Å². The highest BCUT2D eigenvalue weighted by Gasteiger charge is 2.15. The number of rotatable bonds is 5. The molecule has 2 aromatic rings. The Hall–Kier alpha value is -1.20. The highest BCUT2D eigenvalue weighted by atomic mass is 32.1. The van der Waals surface area contributed by atoms with Gasteiger partial charge in [-0.05, 0) is 26.3 Å². The van der Waals surface area contributed by atoms with Crippen LogP contribution in [0.4, 0.5) is 0 Å². The van der Waals surface area contributed by atoms with Gasteiger partial charge in [0, 0.05) is 29.6 Å². The SMILES string of the molecule is CCc1cc(CC(N)c2scnc2C)n(CC)n1. The van der Waals surface area contributed by atoms with Crippen molar-refractivity contribution in [1.29, 1.82) is 0 Å². The summed E-state index contributed by atoms with van der Waals surface area (Å²) in [4.78, 5) is 5.44. The lowest BCUT2D eigenvalue weighted by atomic mass is 10.1. The fourth-order valence-corrected chi connectivity index (χ4v) is 2.92. The Morgan fingerprint density at radius 1 is 1.44 bits per heavy atom. The van der Waals surface area contributed by atoms with Crippen molar-refractivity contribution in [2.24, 2.45) is 5.73 Å². The number of nitrogens with two attached hydrogens (primary N) is 1. The van der Waals surface area contributed by atoms with Gasteiger partial charge in [0.1, 0.15) is 0 Å². The molecule has 0 radical (unpaired) electrons. The van der Waals surface area contributed by atoms with Crippen molar-refractivity contribution < 1.29 is 0 Å². The smallest absolute Gasteiger partial charge is 0.0798 e. The summed E-state index contributed by atoms with van der Waals surface area (Å²) in [5, 5.41) is 4.55. The Morgan fingerprint density at radius 2 is 2.22 bits per heavy atom. The number of hydrogen-bond donors (Lipinski definition) is 1. The first kappa shape index (κ1) is 13.2. The number of hydrogen-bond acceptors (Lipinski definition) is 4. The second kappa shape index (κ2) is 5.63. The zero-order valence-electron chi connectivity index (χ0n) is 11.2. The zero-order valence-corrected chi connectivity index (χ0v) is 12.0. The van der Waals surface area contributed by atoms with Crippen molar-refractivity contribution in [2.45, 2.75) is 46.2 Å². The van der Waals surface area contributed by atoms with Gasteiger partial charge in [-0.2, -0.15) is 5.10 Å². The van der Waals surface area contributed by atoms with E-state index in [-0.39, 0.29) is 6.04 Å². The topological polar surface area (TPSA) is 56.7 Å². The number of aryl methyl sites for hydroxylation is 3. The monoisotopic (exact) mass is 264 g/mol. The van der Waals surface area contributed by atoms with Gasteiger partial charge < -0.3 is 5.73 Å². The van der Waals surface area contributed by atoms with Gasteiger partial charge in [0.05, 0.1) is 16.9 Å². The normalized spacial score (nSPS) is 12.9. The van der Waals surface area contributed by atoms with Crippen molar-refractivity contribution in [3.05, 3.63) is 33.5 Å². The van der Waals surface area contributed by atoms with Crippen LogP contribution >= 0.6 is 11.3 Å². The highest BCUT2D eigenvalue weighted by molar-refractivity contribution is 7.09. The minimum Gasteiger partial charge on any atom is -0.323 e. The molecule has 1 atom stereocenters. The predicted molar refractivity (Wildman–Crippen MR) is 74.8 cm³/mol. The molecule has 2 heterocycles. The molecule has 0 spiro atoms. The van der Waals surface area contributed by atoms with Gasteiger partial charge in [-0.3, -0.25) is 4.68 Å². The van der Waals surface area contributed by atoms with Crippen molar-refractivity contribution in [3.63, 3.8) is 0 Å². The number of aromatic nitrogens is 3. The minimum atomic E-state index is 0.0178. The number of thiazole rings is 1. The molecule has 1 unspecified atom stereocenters. The summed E-state index contributed by atoms with van der Waals surface area (Å²) in [5.41, 5.74) is 11.5. The third-order valence-corrected chi connectivity index (χ3v) is 4.19. The van der Waals surface area contributed by atoms with Gasteiger partial charge in [0.2, 0.25) is 0 Å². The molecule has 18 heavy (non-hydrogen) atoms. The maximum Gasteiger partial charge on any atom is 0.0798 e. The fraction of sp³-hybridized carbons (Fsp3) is 0.538. The summed E-state index contributed by atoms with van der Waals surface area (Å²) in [6.07, 6.45) is 1.79. The molecular weight excluding hydrogens is 244 g/mol. The molecule has 0 aliphatic rings. The third kappa shape index (κ3) is 2.62. The quantitative estimate of drug-likeness (QED) is 0.902. The first-order chi connectivity index (χ1) is 8.65. The minimum absolute atomic E-state index is 0.0178. The summed E-state index contributed by atoms with van der Waals surface area (Å²) in [5.74, 6) is 0. The molecule has 2 aromatic heterocycles. The van der Waals surface area contributed by atoms with Crippen LogP contribution < -0.4 is 5.73 Å². The van der Waals surface area contributed by atoms with Crippen LogP contribution in [0.2, 0.25) is 0 Å². The lowest BCUT2D eigenvalue weighted by Gasteiger charge is -2.11. The summed E-state index contributed by atoms with van der Waals surface area (Å²) in [6, 6.07) is 2.18. The first-order valence-corrected chi connectivity index (χ1v) is 7.24. The molecule has 2 N–H and O–H groups in total. The molecule has 0 fully saturated rings. The average Bonchev–Trinajstić information content (AvgIpc) is 2.95. The van der Waals surface area contributed by atoms with Crippen LogP contribution in [0.25, 0.3) is 0 Å². The van der Waals surface area contributed by atoms with Crippen molar-refractivity contribution >= 4 is 11.3 Å². The fourth-order valence-electron chi connectivity index (χ4n) is 2.11. The largest absolute Gasteiger partial charge is 0.323 e. The Labute approximate surface area is 112 Å². The van der Waals surface area contributed by atoms with Gasteiger partial charge in [-0.1, -0.05) is 6.92 Å². The molecular formula is C13H20N4S. The standard InChI is InChI=1S/C13H20N4S/c1-4-10-6-11(17(5-2)16-10)7-12(14)13-9(3)15-8-18-13/h6,8,12H,4-5,7,14H2,1-3H3. The van der Waals surface area contributed by atoms with Gasteiger partial charge in [0.15, 0.2) is 0 Å². The van der Waals surface area contributed by atoms with Crippen LogP contribution in [0.15, 0.2) is 11.6 Å². The Balaban J connectivity index is 2.18. The van der Waals surface area contributed by atoms with Crippen LogP contribution in [0.3, 0.4) is 0 Å². The van der Waals surface area contributed by atoms with E-state index in [9.17, 15) is 0 Å². The van der Waals surface area contributed by atoms with E-state index < -0.39 is 0 Å². The van der Waals surface area contributed by atoms with Gasteiger partial charge in [-0.25, -0.2) is 4.98 Å². The summed E-state index contributed by atoms with van der Waals surface area (Å²) in [6.45, 7) is 7.14. The van der Waals surface area contributed by atoms with Crippen molar-refractivity contribution in [3.8, 4) is 0 Å². The second-order valence-corrected chi connectivity index (χ2v) is 5.30. The molecule has 5 heteroatoms. The van der Waals surface area contributed by atoms with E-state index >= 15 is 0 Å². The van der Waals surface area contributed by atoms with Crippen molar-refractivity contribution in [2.75, 3.05) is 0 Å². The third-order valence-electron chi connectivity index (χ3n) is 3.12. The molecule has 0 bridgehead atoms. The summed E-state index contributed by atoms with van der Waals surface area (Å²) >= 11 is 1.64. The first-order valence-electron chi connectivity index (χ1n) is 6.36. The molecule has 0 aliphatic carbocycles. The molecule has 0 saturated carbocycles. The molecule has 4 nitrogen and oxygen atoms in total. The van der Waals surface area contributed by atoms with Crippen LogP contribution in [-0.4, -0.2) is 14.8 Å². The molecule has 2 rings (SSSR count). The van der Waals surface area contributed by atoms with Gasteiger partial charge in [0.25, 0.3) is 0 Å². The van der Waals surface area contributed by atoms with E-state index in [0.29, 0.717) is 0 Å². The Bertz CT molecular complexity index is 515. The maximum absolute atomic E-state index is 6.28. The predicted octanol–water partition coefficient (Wildman–Crippen LogP) is 2.47. The van der Waals surface area contributed by atoms with Gasteiger partial charge in [-0.15, -0.1) is 11.3 Å². The van der Waals surface area contributed by atoms with E-state index in [0.717, 1.165) is 30.8 Å². The van der Waals surface area contributed by atoms with E-state index in [2.05, 4.69) is 34.7 Å². The zero-order chi connectivity index (χ0) is 13.1. The molecule has 98 valence electrons. The van der Waals surface area contributed by atoms with E-state index in [1.165, 1.54) is 10.6 Å². The second-order valence-electron chi connectivity index (χ2n) is 4.41. The number of nitrogens with zero attached hydrogens (tertiary/aromatic N) is 3. The Morgan fingerprint density at radius 3 is 2.78 bits per heavy atom. The summed E-state index contributed by atoms with van der Waals surface area (Å²) < 4.78 is 2.05. The van der Waals surface area contributed by atoms with Gasteiger partial charge >= 0.3 is 0 Å².